The second-order valence-corrected chi connectivity index (χ2v) is 6.63. The third kappa shape index (κ3) is 3.81. The second kappa shape index (κ2) is 6.62. The van der Waals surface area contributed by atoms with Gasteiger partial charge in [0.25, 0.3) is 5.91 Å². The standard InChI is InChI=1S/C17H18F3N3O3/c18-17(19,20)12-4-1-10(2-5-12)3-8-13(24)21-9-16(11-6-7-11)14(25)22-15(26)23-16/h1-2,4-5,11H,3,6-9H2,(H,21,24)(H2,22,23,25,26)/t16-/m0/s1. The van der Waals surface area contributed by atoms with E-state index in [1.165, 1.54) is 12.1 Å². The van der Waals surface area contributed by atoms with E-state index >= 15 is 0 Å². The maximum Gasteiger partial charge on any atom is 0.416 e. The molecule has 0 spiro atoms. The van der Waals surface area contributed by atoms with Crippen LogP contribution in [0.15, 0.2) is 24.3 Å². The van der Waals surface area contributed by atoms with Crippen molar-refractivity contribution < 1.29 is 27.6 Å². The van der Waals surface area contributed by atoms with E-state index in [1.807, 2.05) is 0 Å². The predicted octanol–water partition coefficient (Wildman–Crippen LogP) is 1.74. The van der Waals surface area contributed by atoms with Gasteiger partial charge in [-0.25, -0.2) is 4.79 Å². The number of carbonyl (C=O) groups excluding carboxylic acids is 3. The fourth-order valence-corrected chi connectivity index (χ4v) is 3.08. The molecule has 0 aromatic heterocycles. The Morgan fingerprint density at radius 2 is 1.85 bits per heavy atom. The Hall–Kier alpha value is -2.58. The number of carbonyl (C=O) groups is 3. The molecule has 1 heterocycles. The van der Waals surface area contributed by atoms with Gasteiger partial charge >= 0.3 is 12.2 Å². The lowest BCUT2D eigenvalue weighted by atomic mass is 9.93. The van der Waals surface area contributed by atoms with Crippen molar-refractivity contribution in [3.05, 3.63) is 35.4 Å². The number of urea groups is 1. The number of imide groups is 1. The smallest absolute Gasteiger partial charge is 0.353 e. The molecule has 1 aliphatic heterocycles. The molecule has 9 heteroatoms. The summed E-state index contributed by atoms with van der Waals surface area (Å²) in [6.45, 7) is 0.00108. The highest BCUT2D eigenvalue weighted by Crippen LogP contribution is 2.41. The Labute approximate surface area is 147 Å². The van der Waals surface area contributed by atoms with Crippen molar-refractivity contribution in [2.75, 3.05) is 6.54 Å². The molecule has 140 valence electrons. The van der Waals surface area contributed by atoms with E-state index < -0.39 is 29.2 Å². The third-order valence-corrected chi connectivity index (χ3v) is 4.73. The quantitative estimate of drug-likeness (QED) is 0.668. The number of aryl methyl sites for hydroxylation is 1. The van der Waals surface area contributed by atoms with Crippen LogP contribution in [0.3, 0.4) is 0 Å². The van der Waals surface area contributed by atoms with E-state index in [-0.39, 0.29) is 31.2 Å². The molecule has 2 fully saturated rings. The van der Waals surface area contributed by atoms with Crippen molar-refractivity contribution in [2.45, 2.75) is 37.4 Å². The van der Waals surface area contributed by atoms with E-state index in [4.69, 9.17) is 0 Å². The summed E-state index contributed by atoms with van der Waals surface area (Å²) in [4.78, 5) is 35.5. The Kier molecular flexibility index (Phi) is 4.64. The second-order valence-electron chi connectivity index (χ2n) is 6.63. The molecular weight excluding hydrogens is 351 g/mol. The zero-order valence-corrected chi connectivity index (χ0v) is 13.8. The summed E-state index contributed by atoms with van der Waals surface area (Å²) in [7, 11) is 0. The summed E-state index contributed by atoms with van der Waals surface area (Å²) in [5.41, 5.74) is -1.22. The summed E-state index contributed by atoms with van der Waals surface area (Å²) in [6, 6.07) is 4.07. The van der Waals surface area contributed by atoms with Gasteiger partial charge in [-0.2, -0.15) is 13.2 Å². The van der Waals surface area contributed by atoms with Crippen LogP contribution in [0.1, 0.15) is 30.4 Å². The SMILES string of the molecule is O=C(CCc1ccc(C(F)(F)F)cc1)NC[C@@]1(C2CC2)NC(=O)NC1=O. The van der Waals surface area contributed by atoms with E-state index in [2.05, 4.69) is 16.0 Å². The largest absolute Gasteiger partial charge is 0.416 e. The van der Waals surface area contributed by atoms with Crippen LogP contribution in [0.5, 0.6) is 0 Å². The van der Waals surface area contributed by atoms with E-state index in [0.29, 0.717) is 5.56 Å². The Balaban J connectivity index is 1.51. The van der Waals surface area contributed by atoms with Crippen LogP contribution in [-0.2, 0) is 22.2 Å². The highest BCUT2D eigenvalue weighted by Gasteiger charge is 2.56. The van der Waals surface area contributed by atoms with Gasteiger partial charge in [-0.05, 0) is 42.9 Å². The highest BCUT2D eigenvalue weighted by atomic mass is 19.4. The van der Waals surface area contributed by atoms with Crippen molar-refractivity contribution in [1.29, 1.82) is 0 Å². The fraction of sp³-hybridized carbons (Fsp3) is 0.471. The number of nitrogens with one attached hydrogen (secondary N) is 3. The molecule has 1 saturated heterocycles. The first-order valence-corrected chi connectivity index (χ1v) is 8.27. The highest BCUT2D eigenvalue weighted by molar-refractivity contribution is 6.07. The summed E-state index contributed by atoms with van der Waals surface area (Å²) >= 11 is 0. The van der Waals surface area contributed by atoms with Crippen molar-refractivity contribution in [3.63, 3.8) is 0 Å². The zero-order valence-electron chi connectivity index (χ0n) is 13.8. The molecule has 1 saturated carbocycles. The molecule has 2 aliphatic rings. The summed E-state index contributed by atoms with van der Waals surface area (Å²) in [6.07, 6.45) is -2.44. The van der Waals surface area contributed by atoms with Gasteiger partial charge in [0.1, 0.15) is 5.54 Å². The first-order chi connectivity index (χ1) is 12.2. The number of hydrogen-bond donors (Lipinski definition) is 3. The average molecular weight is 369 g/mol. The van der Waals surface area contributed by atoms with Crippen LogP contribution < -0.4 is 16.0 Å². The van der Waals surface area contributed by atoms with Crippen LogP contribution >= 0.6 is 0 Å². The molecule has 6 nitrogen and oxygen atoms in total. The Morgan fingerprint density at radius 3 is 2.35 bits per heavy atom. The lowest BCUT2D eigenvalue weighted by Gasteiger charge is -2.26. The summed E-state index contributed by atoms with van der Waals surface area (Å²) in [5, 5.41) is 7.45. The summed E-state index contributed by atoms with van der Waals surface area (Å²) < 4.78 is 37.6. The molecule has 3 N–H and O–H groups in total. The zero-order chi connectivity index (χ0) is 18.9. The molecule has 26 heavy (non-hydrogen) atoms. The average Bonchev–Trinajstić information content (AvgIpc) is 3.37. The first-order valence-electron chi connectivity index (χ1n) is 8.27. The maximum absolute atomic E-state index is 12.5. The number of alkyl halides is 3. The monoisotopic (exact) mass is 369 g/mol. The van der Waals surface area contributed by atoms with E-state index in [0.717, 1.165) is 25.0 Å². The number of hydrogen-bond acceptors (Lipinski definition) is 3. The molecule has 1 aliphatic carbocycles. The minimum Gasteiger partial charge on any atom is -0.353 e. The number of benzene rings is 1. The van der Waals surface area contributed by atoms with Gasteiger partial charge in [0.2, 0.25) is 5.91 Å². The molecule has 3 rings (SSSR count). The number of halogens is 3. The van der Waals surface area contributed by atoms with Crippen LogP contribution in [0.25, 0.3) is 0 Å². The van der Waals surface area contributed by atoms with Gasteiger partial charge in [0.05, 0.1) is 12.1 Å². The minimum absolute atomic E-state index is 0.00108. The van der Waals surface area contributed by atoms with E-state index in [9.17, 15) is 27.6 Å². The van der Waals surface area contributed by atoms with Gasteiger partial charge in [0.15, 0.2) is 0 Å². The van der Waals surface area contributed by atoms with Crippen molar-refractivity contribution in [1.82, 2.24) is 16.0 Å². The number of rotatable bonds is 6. The molecule has 0 bridgehead atoms. The molecule has 1 aromatic carbocycles. The number of amides is 4. The van der Waals surface area contributed by atoms with Gasteiger partial charge in [-0.1, -0.05) is 12.1 Å². The predicted molar refractivity (Wildman–Crippen MR) is 84.9 cm³/mol. The van der Waals surface area contributed by atoms with Crippen molar-refractivity contribution in [2.24, 2.45) is 5.92 Å². The Morgan fingerprint density at radius 1 is 1.19 bits per heavy atom. The third-order valence-electron chi connectivity index (χ3n) is 4.73. The van der Waals surface area contributed by atoms with Gasteiger partial charge < -0.3 is 10.6 Å². The molecule has 4 amide bonds. The van der Waals surface area contributed by atoms with Crippen LogP contribution in [0, 0.1) is 5.92 Å². The molecular formula is C17H18F3N3O3. The fourth-order valence-electron chi connectivity index (χ4n) is 3.08. The minimum atomic E-state index is -4.39. The lowest BCUT2D eigenvalue weighted by molar-refractivity contribution is -0.137. The topological polar surface area (TPSA) is 87.3 Å². The van der Waals surface area contributed by atoms with Gasteiger partial charge in [0, 0.05) is 6.42 Å². The lowest BCUT2D eigenvalue weighted by Crippen LogP contribution is -2.57. The van der Waals surface area contributed by atoms with Crippen LogP contribution in [-0.4, -0.2) is 29.9 Å². The molecule has 1 aromatic rings. The normalized spacial score (nSPS) is 22.7. The summed E-state index contributed by atoms with van der Waals surface area (Å²) in [5.74, 6) is -0.768. The van der Waals surface area contributed by atoms with Crippen molar-refractivity contribution >= 4 is 17.8 Å². The maximum atomic E-state index is 12.5. The van der Waals surface area contributed by atoms with Crippen LogP contribution in [0.4, 0.5) is 18.0 Å². The molecule has 1 atom stereocenters. The molecule has 0 radical (unpaired) electrons. The van der Waals surface area contributed by atoms with E-state index in [1.54, 1.807) is 0 Å². The van der Waals surface area contributed by atoms with Gasteiger partial charge in [-0.15, -0.1) is 0 Å². The molecule has 0 unspecified atom stereocenters. The Bertz CT molecular complexity index is 729. The van der Waals surface area contributed by atoms with Gasteiger partial charge in [-0.3, -0.25) is 14.9 Å². The first kappa shape index (κ1) is 18.2. The van der Waals surface area contributed by atoms with Crippen LogP contribution in [0.2, 0.25) is 0 Å². The van der Waals surface area contributed by atoms with Crippen molar-refractivity contribution in [3.8, 4) is 0 Å².